The Morgan fingerprint density at radius 1 is 0.608 bits per heavy atom. The van der Waals surface area contributed by atoms with E-state index in [-0.39, 0.29) is 0 Å². The Morgan fingerprint density at radius 2 is 1.35 bits per heavy atom. The van der Waals surface area contributed by atoms with Crippen LogP contribution in [0.1, 0.15) is 23.4 Å². The molecule has 6 heteroatoms. The molecular weight excluding hydrogens is 643 g/mol. The van der Waals surface area contributed by atoms with E-state index in [4.69, 9.17) is 4.98 Å². The number of nitrogens with zero attached hydrogens (tertiary/aromatic N) is 4. The first-order chi connectivity index (χ1) is 25.3. The van der Waals surface area contributed by atoms with Gasteiger partial charge in [0.2, 0.25) is 0 Å². The summed E-state index contributed by atoms with van der Waals surface area (Å²) in [5.41, 5.74) is 15.3. The molecule has 1 N–H and O–H groups in total. The normalized spacial score (nSPS) is 13.6. The van der Waals surface area contributed by atoms with Crippen molar-refractivity contribution >= 4 is 71.5 Å². The monoisotopic (exact) mass is 673 g/mol. The number of aromatic nitrogens is 3. The zero-order chi connectivity index (χ0) is 33.5. The number of pyridine rings is 1. The van der Waals surface area contributed by atoms with Gasteiger partial charge in [0.05, 0.1) is 29.6 Å². The average molecular weight is 674 g/mol. The summed E-state index contributed by atoms with van der Waals surface area (Å²) in [7, 11) is 0. The van der Waals surface area contributed by atoms with Crippen molar-refractivity contribution in [3.05, 3.63) is 151 Å². The molecule has 242 valence electrons. The third-order valence-corrected chi connectivity index (χ3v) is 11.7. The van der Waals surface area contributed by atoms with Crippen LogP contribution in [-0.2, 0) is 13.0 Å². The van der Waals surface area contributed by atoms with Crippen molar-refractivity contribution in [2.75, 3.05) is 0 Å². The van der Waals surface area contributed by atoms with Gasteiger partial charge in [0.15, 0.2) is 0 Å². The zero-order valence-corrected chi connectivity index (χ0v) is 28.5. The molecule has 0 radical (unpaired) electrons. The zero-order valence-electron chi connectivity index (χ0n) is 27.7. The summed E-state index contributed by atoms with van der Waals surface area (Å²) < 4.78 is 7.36. The highest BCUT2D eigenvalue weighted by molar-refractivity contribution is 7.25. The van der Waals surface area contributed by atoms with Gasteiger partial charge in [-0.05, 0) is 102 Å². The van der Waals surface area contributed by atoms with Gasteiger partial charge in [0.1, 0.15) is 11.2 Å². The molecule has 5 heterocycles. The van der Waals surface area contributed by atoms with E-state index in [1.54, 1.807) is 6.34 Å². The maximum absolute atomic E-state index is 4.70. The first kappa shape index (κ1) is 28.6. The van der Waals surface area contributed by atoms with E-state index in [1.807, 2.05) is 23.6 Å². The summed E-state index contributed by atoms with van der Waals surface area (Å²) in [6, 6.07) is 44.7. The molecule has 0 atom stereocenters. The summed E-state index contributed by atoms with van der Waals surface area (Å²) >= 11 is 1.85. The van der Waals surface area contributed by atoms with E-state index in [0.717, 1.165) is 40.9 Å². The van der Waals surface area contributed by atoms with Gasteiger partial charge in [0, 0.05) is 54.4 Å². The van der Waals surface area contributed by atoms with E-state index in [0.29, 0.717) is 6.54 Å². The minimum atomic E-state index is 0.711. The van der Waals surface area contributed by atoms with Gasteiger partial charge in [-0.2, -0.15) is 0 Å². The van der Waals surface area contributed by atoms with E-state index in [9.17, 15) is 0 Å². The Morgan fingerprint density at radius 3 is 2.27 bits per heavy atom. The lowest BCUT2D eigenvalue weighted by molar-refractivity contribution is 0.842. The van der Waals surface area contributed by atoms with Crippen molar-refractivity contribution in [2.45, 2.75) is 19.4 Å². The predicted octanol–water partition coefficient (Wildman–Crippen LogP) is 11.4. The quantitative estimate of drug-likeness (QED) is 0.202. The SMILES string of the molecule is C1=Cc2c(n(-c3cccc(-c4cccc(-c5ccc6sc7ccc(-n8c9c(c%10ncccc%108)N=CNC9)cc7c6c5)c4)c3)c3ccccc23)CC1. The number of allylic oxidation sites excluding steroid dienone is 1. The molecular formula is C45H31N5S. The van der Waals surface area contributed by atoms with Crippen molar-refractivity contribution in [3.8, 4) is 33.6 Å². The largest absolute Gasteiger partial charge is 0.370 e. The Labute approximate surface area is 298 Å². The second kappa shape index (κ2) is 11.1. The fraction of sp³-hybridized carbons (Fsp3) is 0.0667. The standard InChI is InChI=1S/C45H31N5S/c1-3-14-38-34(12-1)35-13-2-4-15-39(35)49(38)32-11-6-10-30(23-32)28-8-5-9-29(22-28)31-17-19-42-36(24-31)37-25-33(18-20-43(37)51-42)50-40-16-7-21-47-44(40)45-41(50)26-46-27-48-45/h1-3,5-14,16-25,27H,4,15,26H2,(H,46,48). The minimum absolute atomic E-state index is 0.711. The second-order valence-corrected chi connectivity index (χ2v) is 14.5. The number of benzene rings is 5. The van der Waals surface area contributed by atoms with Gasteiger partial charge < -0.3 is 14.5 Å². The van der Waals surface area contributed by atoms with Gasteiger partial charge in [-0.15, -0.1) is 11.3 Å². The maximum atomic E-state index is 4.70. The minimum Gasteiger partial charge on any atom is -0.370 e. The van der Waals surface area contributed by atoms with Crippen LogP contribution in [0.5, 0.6) is 0 Å². The lowest BCUT2D eigenvalue weighted by Crippen LogP contribution is -2.16. The van der Waals surface area contributed by atoms with Crippen LogP contribution in [0.15, 0.2) is 139 Å². The van der Waals surface area contributed by atoms with E-state index < -0.39 is 0 Å². The molecule has 5 aromatic carbocycles. The number of hydrogen-bond donors (Lipinski definition) is 1. The van der Waals surface area contributed by atoms with E-state index in [1.165, 1.54) is 70.3 Å². The molecule has 9 aromatic rings. The molecule has 51 heavy (non-hydrogen) atoms. The molecule has 0 bridgehead atoms. The fourth-order valence-corrected chi connectivity index (χ4v) is 9.31. The van der Waals surface area contributed by atoms with Gasteiger partial charge in [-0.3, -0.25) is 4.98 Å². The van der Waals surface area contributed by atoms with Crippen LogP contribution >= 0.6 is 11.3 Å². The summed E-state index contributed by atoms with van der Waals surface area (Å²) in [6.07, 6.45) is 10.4. The molecule has 1 aliphatic carbocycles. The number of thiophene rings is 1. The predicted molar refractivity (Wildman–Crippen MR) is 214 cm³/mol. The molecule has 0 saturated heterocycles. The summed E-state index contributed by atoms with van der Waals surface area (Å²) in [5, 5.41) is 7.17. The molecule has 1 aliphatic heterocycles. The van der Waals surface area contributed by atoms with Crippen LogP contribution < -0.4 is 5.32 Å². The lowest BCUT2D eigenvalue weighted by Gasteiger charge is -2.15. The first-order valence-corrected chi connectivity index (χ1v) is 18.3. The van der Waals surface area contributed by atoms with Crippen molar-refractivity contribution < 1.29 is 0 Å². The van der Waals surface area contributed by atoms with Crippen LogP contribution in [0.2, 0.25) is 0 Å². The molecule has 0 spiro atoms. The lowest BCUT2D eigenvalue weighted by atomic mass is 9.97. The molecule has 0 unspecified atom stereocenters. The molecule has 0 fully saturated rings. The highest BCUT2D eigenvalue weighted by atomic mass is 32.1. The first-order valence-electron chi connectivity index (χ1n) is 17.5. The van der Waals surface area contributed by atoms with Gasteiger partial charge in [0.25, 0.3) is 0 Å². The number of para-hydroxylation sites is 1. The van der Waals surface area contributed by atoms with Crippen LogP contribution in [0.4, 0.5) is 5.69 Å². The summed E-state index contributed by atoms with van der Waals surface area (Å²) in [6.45, 7) is 0.711. The molecule has 5 nitrogen and oxygen atoms in total. The number of fused-ring (bicyclic) bond motifs is 9. The van der Waals surface area contributed by atoms with Crippen molar-refractivity contribution in [3.63, 3.8) is 0 Å². The van der Waals surface area contributed by atoms with E-state index in [2.05, 4.69) is 147 Å². The molecule has 0 saturated carbocycles. The van der Waals surface area contributed by atoms with Crippen molar-refractivity contribution in [2.24, 2.45) is 4.99 Å². The molecule has 4 aromatic heterocycles. The van der Waals surface area contributed by atoms with Crippen LogP contribution in [0.25, 0.3) is 81.8 Å². The smallest absolute Gasteiger partial charge is 0.115 e. The van der Waals surface area contributed by atoms with E-state index >= 15 is 0 Å². The Bertz CT molecular complexity index is 2940. The highest BCUT2D eigenvalue weighted by Crippen LogP contribution is 2.41. The number of aliphatic imine (C=N–C) groups is 1. The molecule has 0 amide bonds. The Balaban J connectivity index is 1.00. The molecule has 11 rings (SSSR count). The Kier molecular flexibility index (Phi) is 6.24. The Hall–Kier alpha value is -6.24. The van der Waals surface area contributed by atoms with Crippen molar-refractivity contribution in [1.82, 2.24) is 19.4 Å². The van der Waals surface area contributed by atoms with Crippen LogP contribution in [0, 0.1) is 0 Å². The number of nitrogens with one attached hydrogen (secondary N) is 1. The molecule has 2 aliphatic rings. The third kappa shape index (κ3) is 4.40. The van der Waals surface area contributed by atoms with Crippen LogP contribution in [-0.4, -0.2) is 20.5 Å². The van der Waals surface area contributed by atoms with Gasteiger partial charge in [-0.25, -0.2) is 4.99 Å². The average Bonchev–Trinajstić information content (AvgIpc) is 3.85. The summed E-state index contributed by atoms with van der Waals surface area (Å²) in [4.78, 5) is 9.37. The maximum Gasteiger partial charge on any atom is 0.115 e. The van der Waals surface area contributed by atoms with Crippen LogP contribution in [0.3, 0.4) is 0 Å². The second-order valence-electron chi connectivity index (χ2n) is 13.4. The van der Waals surface area contributed by atoms with Crippen molar-refractivity contribution in [1.29, 1.82) is 0 Å². The third-order valence-electron chi connectivity index (χ3n) is 10.5. The highest BCUT2D eigenvalue weighted by Gasteiger charge is 2.22. The number of hydrogen-bond acceptors (Lipinski definition) is 4. The number of rotatable bonds is 4. The fourth-order valence-electron chi connectivity index (χ4n) is 8.25. The van der Waals surface area contributed by atoms with Gasteiger partial charge >= 0.3 is 0 Å². The summed E-state index contributed by atoms with van der Waals surface area (Å²) in [5.74, 6) is 0. The van der Waals surface area contributed by atoms with Gasteiger partial charge in [-0.1, -0.05) is 66.7 Å². The topological polar surface area (TPSA) is 47.1 Å².